The smallest absolute Gasteiger partial charge is 0.387 e. The summed E-state index contributed by atoms with van der Waals surface area (Å²) in [5.74, 6) is 2.18. The van der Waals surface area contributed by atoms with E-state index >= 15 is 0 Å². The van der Waals surface area contributed by atoms with Crippen LogP contribution in [0.15, 0.2) is 21.6 Å². The highest BCUT2D eigenvalue weighted by Crippen LogP contribution is 2.38. The van der Waals surface area contributed by atoms with Crippen LogP contribution in [0.3, 0.4) is 0 Å². The number of aryl methyl sites for hydroxylation is 1. The molecule has 11 heteroatoms. The summed E-state index contributed by atoms with van der Waals surface area (Å²) in [6.07, 6.45) is 0. The number of aromatic nitrogens is 2. The van der Waals surface area contributed by atoms with Gasteiger partial charge in [-0.3, -0.25) is 4.99 Å². The van der Waals surface area contributed by atoms with Crippen molar-refractivity contribution in [2.45, 2.75) is 26.6 Å². The minimum absolute atomic E-state index is 0.000922. The Balaban J connectivity index is 1.65. The van der Waals surface area contributed by atoms with Crippen LogP contribution in [0, 0.1) is 6.92 Å². The number of nitrogens with one attached hydrogen (secondary N) is 2. The van der Waals surface area contributed by atoms with E-state index in [1.807, 2.05) is 0 Å². The van der Waals surface area contributed by atoms with Crippen molar-refractivity contribution < 1.29 is 27.5 Å². The lowest BCUT2D eigenvalue weighted by Gasteiger charge is -2.14. The number of halogens is 2. The molecule has 3 rings (SSSR count). The maximum Gasteiger partial charge on any atom is 0.387 e. The third kappa shape index (κ3) is 4.29. The minimum Gasteiger partial charge on any atom is -0.454 e. The van der Waals surface area contributed by atoms with Crippen LogP contribution in [0.25, 0.3) is 0 Å². The number of nitrogens with zero attached hydrogens (tertiary/aromatic N) is 3. The number of ether oxygens (including phenoxy) is 3. The van der Waals surface area contributed by atoms with Crippen molar-refractivity contribution >= 4 is 5.96 Å². The van der Waals surface area contributed by atoms with Crippen LogP contribution in [-0.2, 0) is 13.1 Å². The van der Waals surface area contributed by atoms with Crippen molar-refractivity contribution in [2.75, 3.05) is 13.8 Å². The number of benzene rings is 1. The molecule has 140 valence electrons. The minimum atomic E-state index is -2.95. The SMILES string of the molecule is CN=C(NCc1noc(C)n1)NCc1cc2c(cc1OC(F)F)OCO2. The van der Waals surface area contributed by atoms with Crippen LogP contribution >= 0.6 is 0 Å². The van der Waals surface area contributed by atoms with E-state index in [1.54, 1.807) is 20.0 Å². The zero-order valence-electron chi connectivity index (χ0n) is 14.1. The van der Waals surface area contributed by atoms with Crippen molar-refractivity contribution in [1.82, 2.24) is 20.8 Å². The van der Waals surface area contributed by atoms with E-state index in [1.165, 1.54) is 6.07 Å². The first-order valence-corrected chi connectivity index (χ1v) is 7.66. The molecule has 0 fully saturated rings. The molecule has 1 aromatic carbocycles. The maximum atomic E-state index is 12.7. The number of alkyl halides is 2. The number of fused-ring (bicyclic) bond motifs is 1. The average molecular weight is 369 g/mol. The first-order valence-electron chi connectivity index (χ1n) is 7.66. The average Bonchev–Trinajstić information content (AvgIpc) is 3.22. The largest absolute Gasteiger partial charge is 0.454 e. The van der Waals surface area contributed by atoms with Crippen molar-refractivity contribution in [1.29, 1.82) is 0 Å². The second kappa shape index (κ2) is 7.85. The normalized spacial score (nSPS) is 13.2. The van der Waals surface area contributed by atoms with Gasteiger partial charge >= 0.3 is 6.61 Å². The van der Waals surface area contributed by atoms with E-state index in [2.05, 4.69) is 30.5 Å². The lowest BCUT2D eigenvalue weighted by atomic mass is 10.1. The Labute approximate surface area is 147 Å². The quantitative estimate of drug-likeness (QED) is 0.584. The Bertz CT molecular complexity index is 796. The summed E-state index contributed by atoms with van der Waals surface area (Å²) in [6, 6.07) is 2.96. The summed E-state index contributed by atoms with van der Waals surface area (Å²) in [4.78, 5) is 8.12. The van der Waals surface area contributed by atoms with E-state index in [-0.39, 0.29) is 19.1 Å². The fraction of sp³-hybridized carbons (Fsp3) is 0.400. The third-order valence-electron chi connectivity index (χ3n) is 3.43. The summed E-state index contributed by atoms with van der Waals surface area (Å²) in [6.45, 7) is -0.767. The summed E-state index contributed by atoms with van der Waals surface area (Å²) in [5.41, 5.74) is 0.466. The Kier molecular flexibility index (Phi) is 5.34. The zero-order valence-corrected chi connectivity index (χ0v) is 14.1. The number of hydrogen-bond acceptors (Lipinski definition) is 7. The summed E-state index contributed by atoms with van der Waals surface area (Å²) in [7, 11) is 1.58. The fourth-order valence-electron chi connectivity index (χ4n) is 2.28. The van der Waals surface area contributed by atoms with Gasteiger partial charge in [-0.15, -0.1) is 0 Å². The number of rotatable bonds is 6. The van der Waals surface area contributed by atoms with Gasteiger partial charge in [-0.25, -0.2) is 0 Å². The monoisotopic (exact) mass is 369 g/mol. The van der Waals surface area contributed by atoms with Crippen LogP contribution in [0.1, 0.15) is 17.3 Å². The van der Waals surface area contributed by atoms with Gasteiger partial charge in [0.1, 0.15) is 5.75 Å². The molecule has 1 aliphatic rings. The van der Waals surface area contributed by atoms with Gasteiger partial charge in [0.05, 0.1) is 6.54 Å². The van der Waals surface area contributed by atoms with Crippen molar-refractivity contribution in [2.24, 2.45) is 4.99 Å². The summed E-state index contributed by atoms with van der Waals surface area (Å²) >= 11 is 0. The highest BCUT2D eigenvalue weighted by Gasteiger charge is 2.20. The predicted octanol–water partition coefficient (Wildman–Crippen LogP) is 1.57. The van der Waals surface area contributed by atoms with Crippen molar-refractivity contribution in [3.8, 4) is 17.2 Å². The van der Waals surface area contributed by atoms with Gasteiger partial charge in [-0.05, 0) is 6.07 Å². The Morgan fingerprint density at radius 1 is 1.27 bits per heavy atom. The van der Waals surface area contributed by atoms with E-state index in [0.29, 0.717) is 41.3 Å². The van der Waals surface area contributed by atoms with Crippen molar-refractivity contribution in [3.63, 3.8) is 0 Å². The van der Waals surface area contributed by atoms with Gasteiger partial charge in [0.15, 0.2) is 23.3 Å². The molecule has 9 nitrogen and oxygen atoms in total. The topological polar surface area (TPSA) is 103 Å². The van der Waals surface area contributed by atoms with Gasteiger partial charge in [0.25, 0.3) is 0 Å². The lowest BCUT2D eigenvalue weighted by Crippen LogP contribution is -2.36. The third-order valence-corrected chi connectivity index (χ3v) is 3.43. The van der Waals surface area contributed by atoms with E-state index < -0.39 is 6.61 Å². The van der Waals surface area contributed by atoms with Crippen molar-refractivity contribution in [3.05, 3.63) is 29.4 Å². The molecule has 0 atom stereocenters. The van der Waals surface area contributed by atoms with Gasteiger partial charge in [0, 0.05) is 32.1 Å². The number of hydrogen-bond donors (Lipinski definition) is 2. The number of guanidine groups is 1. The highest BCUT2D eigenvalue weighted by molar-refractivity contribution is 5.79. The van der Waals surface area contributed by atoms with Crippen LogP contribution in [0.4, 0.5) is 8.78 Å². The van der Waals surface area contributed by atoms with Gasteiger partial charge in [0.2, 0.25) is 12.7 Å². The van der Waals surface area contributed by atoms with Crippen LogP contribution in [0.2, 0.25) is 0 Å². The molecule has 0 radical (unpaired) electrons. The zero-order chi connectivity index (χ0) is 18.5. The molecule has 0 saturated heterocycles. The predicted molar refractivity (Wildman–Crippen MR) is 85.3 cm³/mol. The van der Waals surface area contributed by atoms with Crippen LogP contribution < -0.4 is 24.8 Å². The second-order valence-electron chi connectivity index (χ2n) is 5.20. The molecule has 0 bridgehead atoms. The molecular weight excluding hydrogens is 352 g/mol. The second-order valence-corrected chi connectivity index (χ2v) is 5.20. The molecule has 2 N–H and O–H groups in total. The van der Waals surface area contributed by atoms with Gasteiger partial charge in [-0.1, -0.05) is 5.16 Å². The molecule has 0 spiro atoms. The lowest BCUT2D eigenvalue weighted by molar-refractivity contribution is -0.0505. The van der Waals surface area contributed by atoms with E-state index in [9.17, 15) is 8.78 Å². The molecule has 0 amide bonds. The van der Waals surface area contributed by atoms with Crippen LogP contribution in [0.5, 0.6) is 17.2 Å². The fourth-order valence-corrected chi connectivity index (χ4v) is 2.28. The van der Waals surface area contributed by atoms with Gasteiger partial charge in [-0.2, -0.15) is 13.8 Å². The molecule has 26 heavy (non-hydrogen) atoms. The molecule has 2 heterocycles. The standard InChI is InChI=1S/C15H17F2N5O4/c1-8-21-13(22-26-8)6-20-15(18-2)19-5-9-3-11-12(24-7-23-11)4-10(9)25-14(16)17/h3-4,14H,5-7H2,1-2H3,(H2,18,19,20). The molecule has 0 unspecified atom stereocenters. The molecular formula is C15H17F2N5O4. The molecule has 1 aromatic heterocycles. The van der Waals surface area contributed by atoms with Crippen LogP contribution in [-0.4, -0.2) is 36.6 Å². The number of aliphatic imine (C=N–C) groups is 1. The van der Waals surface area contributed by atoms with E-state index in [4.69, 9.17) is 14.0 Å². The maximum absolute atomic E-state index is 12.7. The first-order chi connectivity index (χ1) is 12.5. The van der Waals surface area contributed by atoms with Gasteiger partial charge < -0.3 is 29.4 Å². The molecule has 2 aromatic rings. The molecule has 0 saturated carbocycles. The highest BCUT2D eigenvalue weighted by atomic mass is 19.3. The Morgan fingerprint density at radius 2 is 2.00 bits per heavy atom. The Morgan fingerprint density at radius 3 is 2.65 bits per heavy atom. The summed E-state index contributed by atoms with van der Waals surface area (Å²) in [5, 5.41) is 9.75. The Hall–Kier alpha value is -3.11. The van der Waals surface area contributed by atoms with E-state index in [0.717, 1.165) is 0 Å². The molecule has 0 aliphatic carbocycles. The molecule has 1 aliphatic heterocycles. The first kappa shape index (κ1) is 17.7. The summed E-state index contributed by atoms with van der Waals surface area (Å²) < 4.78 is 45.2.